The first-order valence-corrected chi connectivity index (χ1v) is 6.91. The Hall–Kier alpha value is -1.59. The van der Waals surface area contributed by atoms with Crippen LogP contribution in [0.4, 0.5) is 0 Å². The van der Waals surface area contributed by atoms with E-state index in [9.17, 15) is 0 Å². The van der Waals surface area contributed by atoms with Gasteiger partial charge in [0.15, 0.2) is 0 Å². The Labute approximate surface area is 117 Å². The van der Waals surface area contributed by atoms with Crippen LogP contribution in [0.25, 0.3) is 0 Å². The SMILES string of the molecule is COc1ccc(C(Sc2ccncn2)C(C)N)cc1. The molecule has 19 heavy (non-hydrogen) atoms. The first-order valence-electron chi connectivity index (χ1n) is 6.03. The van der Waals surface area contributed by atoms with Gasteiger partial charge >= 0.3 is 0 Å². The largest absolute Gasteiger partial charge is 0.497 e. The highest BCUT2D eigenvalue weighted by molar-refractivity contribution is 7.99. The standard InChI is InChI=1S/C14H17N3OS/c1-10(15)14(19-13-7-8-16-9-17-13)11-3-5-12(18-2)6-4-11/h3-10,14H,15H2,1-2H3. The maximum absolute atomic E-state index is 6.09. The van der Waals surface area contributed by atoms with Crippen molar-refractivity contribution >= 4 is 11.8 Å². The van der Waals surface area contributed by atoms with Crippen molar-refractivity contribution in [2.45, 2.75) is 23.2 Å². The molecule has 1 aromatic carbocycles. The molecule has 2 aromatic rings. The summed E-state index contributed by atoms with van der Waals surface area (Å²) in [5.41, 5.74) is 7.26. The fourth-order valence-electron chi connectivity index (χ4n) is 1.75. The molecule has 0 aliphatic rings. The molecule has 0 spiro atoms. The molecule has 1 aromatic heterocycles. The molecule has 2 unspecified atom stereocenters. The van der Waals surface area contributed by atoms with Crippen molar-refractivity contribution in [2.75, 3.05) is 7.11 Å². The molecule has 0 aliphatic heterocycles. The van der Waals surface area contributed by atoms with Crippen molar-refractivity contribution in [1.29, 1.82) is 0 Å². The highest BCUT2D eigenvalue weighted by Gasteiger charge is 2.18. The van der Waals surface area contributed by atoms with E-state index < -0.39 is 0 Å². The highest BCUT2D eigenvalue weighted by Crippen LogP contribution is 2.36. The minimum Gasteiger partial charge on any atom is -0.497 e. The van der Waals surface area contributed by atoms with Crippen LogP contribution in [0, 0.1) is 0 Å². The molecule has 0 aliphatic carbocycles. The average molecular weight is 275 g/mol. The van der Waals surface area contributed by atoms with Gasteiger partial charge in [-0.05, 0) is 30.7 Å². The van der Waals surface area contributed by atoms with E-state index in [0.29, 0.717) is 0 Å². The van der Waals surface area contributed by atoms with E-state index in [4.69, 9.17) is 10.5 Å². The lowest BCUT2D eigenvalue weighted by atomic mass is 10.1. The number of thioether (sulfide) groups is 1. The van der Waals surface area contributed by atoms with Crippen molar-refractivity contribution in [1.82, 2.24) is 9.97 Å². The summed E-state index contributed by atoms with van der Waals surface area (Å²) in [6, 6.07) is 9.90. The Morgan fingerprint density at radius 3 is 2.47 bits per heavy atom. The summed E-state index contributed by atoms with van der Waals surface area (Å²) >= 11 is 1.65. The van der Waals surface area contributed by atoms with Crippen LogP contribution in [0.1, 0.15) is 17.7 Å². The molecule has 2 N–H and O–H groups in total. The van der Waals surface area contributed by atoms with Gasteiger partial charge in [-0.1, -0.05) is 23.9 Å². The molecule has 4 nitrogen and oxygen atoms in total. The lowest BCUT2D eigenvalue weighted by Crippen LogP contribution is -2.22. The summed E-state index contributed by atoms with van der Waals surface area (Å²) in [6.07, 6.45) is 3.29. The highest BCUT2D eigenvalue weighted by atomic mass is 32.2. The molecule has 0 amide bonds. The van der Waals surface area contributed by atoms with Gasteiger partial charge in [0.2, 0.25) is 0 Å². The molecule has 100 valence electrons. The second-order valence-corrected chi connectivity index (χ2v) is 5.38. The Balaban J connectivity index is 2.19. The zero-order chi connectivity index (χ0) is 13.7. The smallest absolute Gasteiger partial charge is 0.118 e. The van der Waals surface area contributed by atoms with Crippen molar-refractivity contribution in [3.8, 4) is 5.75 Å². The third-order valence-corrected chi connectivity index (χ3v) is 4.16. The Morgan fingerprint density at radius 2 is 1.95 bits per heavy atom. The monoisotopic (exact) mass is 275 g/mol. The van der Waals surface area contributed by atoms with Crippen LogP contribution in [0.5, 0.6) is 5.75 Å². The average Bonchev–Trinajstić information content (AvgIpc) is 2.46. The van der Waals surface area contributed by atoms with E-state index in [1.165, 1.54) is 5.56 Å². The Kier molecular flexibility index (Phi) is 4.76. The zero-order valence-electron chi connectivity index (χ0n) is 11.0. The van der Waals surface area contributed by atoms with Gasteiger partial charge in [-0.25, -0.2) is 9.97 Å². The van der Waals surface area contributed by atoms with Crippen LogP contribution in [-0.2, 0) is 0 Å². The number of aromatic nitrogens is 2. The quantitative estimate of drug-likeness (QED) is 0.671. The third-order valence-electron chi connectivity index (χ3n) is 2.72. The summed E-state index contributed by atoms with van der Waals surface area (Å²) < 4.78 is 5.17. The minimum absolute atomic E-state index is 0.0216. The van der Waals surface area contributed by atoms with Crippen LogP contribution in [0.3, 0.4) is 0 Å². The van der Waals surface area contributed by atoms with Gasteiger partial charge in [0, 0.05) is 12.2 Å². The van der Waals surface area contributed by atoms with Crippen molar-refractivity contribution in [3.63, 3.8) is 0 Å². The first-order chi connectivity index (χ1) is 9.20. The summed E-state index contributed by atoms with van der Waals surface area (Å²) in [7, 11) is 1.66. The van der Waals surface area contributed by atoms with Gasteiger partial charge in [-0.3, -0.25) is 0 Å². The van der Waals surface area contributed by atoms with Crippen molar-refractivity contribution in [2.24, 2.45) is 5.73 Å². The zero-order valence-corrected chi connectivity index (χ0v) is 11.8. The number of nitrogens with zero attached hydrogens (tertiary/aromatic N) is 2. The third kappa shape index (κ3) is 3.68. The second kappa shape index (κ2) is 6.54. The van der Waals surface area contributed by atoms with E-state index in [2.05, 4.69) is 9.97 Å². The van der Waals surface area contributed by atoms with Gasteiger partial charge in [0.25, 0.3) is 0 Å². The molecular weight excluding hydrogens is 258 g/mol. The van der Waals surface area contributed by atoms with Crippen LogP contribution in [0.15, 0.2) is 47.9 Å². The van der Waals surface area contributed by atoms with Crippen LogP contribution >= 0.6 is 11.8 Å². The maximum atomic E-state index is 6.09. The molecule has 0 saturated carbocycles. The van der Waals surface area contributed by atoms with Gasteiger partial charge in [0.05, 0.1) is 17.4 Å². The van der Waals surface area contributed by atoms with E-state index >= 15 is 0 Å². The lowest BCUT2D eigenvalue weighted by molar-refractivity contribution is 0.414. The molecule has 5 heteroatoms. The molecule has 0 fully saturated rings. The second-order valence-electron chi connectivity index (χ2n) is 4.22. The lowest BCUT2D eigenvalue weighted by Gasteiger charge is -2.20. The summed E-state index contributed by atoms with van der Waals surface area (Å²) in [5.74, 6) is 0.846. The van der Waals surface area contributed by atoms with Crippen molar-refractivity contribution < 1.29 is 4.74 Å². The summed E-state index contributed by atoms with van der Waals surface area (Å²) in [5, 5.41) is 1.08. The Bertz CT molecular complexity index is 502. The molecule has 2 rings (SSSR count). The molecule has 1 heterocycles. The van der Waals surface area contributed by atoms with E-state index in [0.717, 1.165) is 10.8 Å². The number of methoxy groups -OCH3 is 1. The minimum atomic E-state index is 0.0216. The number of nitrogens with two attached hydrogens (primary N) is 1. The fraction of sp³-hybridized carbons (Fsp3) is 0.286. The molecule has 0 radical (unpaired) electrons. The predicted octanol–water partition coefficient (Wildman–Crippen LogP) is 2.67. The predicted molar refractivity (Wildman–Crippen MR) is 77.3 cm³/mol. The molecule has 0 saturated heterocycles. The number of hydrogen-bond donors (Lipinski definition) is 1. The number of ether oxygens (including phenoxy) is 1. The van der Waals surface area contributed by atoms with Gasteiger partial charge in [-0.15, -0.1) is 0 Å². The topological polar surface area (TPSA) is 61.0 Å². The normalized spacial score (nSPS) is 13.8. The van der Waals surface area contributed by atoms with E-state index in [1.807, 2.05) is 37.3 Å². The maximum Gasteiger partial charge on any atom is 0.118 e. The van der Waals surface area contributed by atoms with E-state index in [1.54, 1.807) is 31.4 Å². The van der Waals surface area contributed by atoms with Crippen molar-refractivity contribution in [3.05, 3.63) is 48.4 Å². The van der Waals surface area contributed by atoms with Gasteiger partial charge in [0.1, 0.15) is 12.1 Å². The van der Waals surface area contributed by atoms with E-state index in [-0.39, 0.29) is 11.3 Å². The Morgan fingerprint density at radius 1 is 1.21 bits per heavy atom. The number of hydrogen-bond acceptors (Lipinski definition) is 5. The van der Waals surface area contributed by atoms with Gasteiger partial charge < -0.3 is 10.5 Å². The summed E-state index contributed by atoms with van der Waals surface area (Å²) in [4.78, 5) is 8.15. The van der Waals surface area contributed by atoms with Crippen LogP contribution < -0.4 is 10.5 Å². The number of benzene rings is 1. The van der Waals surface area contributed by atoms with Crippen LogP contribution in [0.2, 0.25) is 0 Å². The first kappa shape index (κ1) is 13.8. The molecule has 0 bridgehead atoms. The number of rotatable bonds is 5. The van der Waals surface area contributed by atoms with Crippen LogP contribution in [-0.4, -0.2) is 23.1 Å². The fourth-order valence-corrected chi connectivity index (χ4v) is 2.77. The summed E-state index contributed by atoms with van der Waals surface area (Å²) in [6.45, 7) is 2.00. The molecule has 2 atom stereocenters. The molecular formula is C14H17N3OS. The van der Waals surface area contributed by atoms with Gasteiger partial charge in [-0.2, -0.15) is 0 Å².